The van der Waals surface area contributed by atoms with E-state index in [-0.39, 0.29) is 6.04 Å². The van der Waals surface area contributed by atoms with Gasteiger partial charge in [0.25, 0.3) is 0 Å². The van der Waals surface area contributed by atoms with E-state index in [0.29, 0.717) is 0 Å². The van der Waals surface area contributed by atoms with E-state index in [1.54, 1.807) is 0 Å². The van der Waals surface area contributed by atoms with Crippen molar-refractivity contribution in [1.82, 2.24) is 20.0 Å². The summed E-state index contributed by atoms with van der Waals surface area (Å²) in [5.41, 5.74) is 2.28. The SMILES string of the molecule is C=CCn1cc(CNC[C@H](c2ccc(C)o2)N2CCOCC2)c(C)n1. The smallest absolute Gasteiger partial charge is 0.122 e. The van der Waals surface area contributed by atoms with E-state index in [0.717, 1.165) is 63.2 Å². The van der Waals surface area contributed by atoms with Crippen LogP contribution in [0.2, 0.25) is 0 Å². The molecule has 0 unspecified atom stereocenters. The van der Waals surface area contributed by atoms with E-state index in [2.05, 4.69) is 34.2 Å². The molecule has 0 bridgehead atoms. The second-order valence-electron chi connectivity index (χ2n) is 6.49. The molecule has 6 heteroatoms. The summed E-state index contributed by atoms with van der Waals surface area (Å²) in [6.07, 6.45) is 3.95. The van der Waals surface area contributed by atoms with Gasteiger partial charge in [0.2, 0.25) is 0 Å². The van der Waals surface area contributed by atoms with Gasteiger partial charge in [-0.05, 0) is 26.0 Å². The third-order valence-electron chi connectivity index (χ3n) is 4.59. The molecule has 2 aromatic heterocycles. The highest BCUT2D eigenvalue weighted by atomic mass is 16.5. The van der Waals surface area contributed by atoms with Crippen molar-refractivity contribution < 1.29 is 9.15 Å². The van der Waals surface area contributed by atoms with Crippen LogP contribution in [0.3, 0.4) is 0 Å². The number of ether oxygens (including phenoxy) is 1. The van der Waals surface area contributed by atoms with Crippen LogP contribution < -0.4 is 5.32 Å². The Morgan fingerprint density at radius 3 is 2.80 bits per heavy atom. The van der Waals surface area contributed by atoms with Crippen molar-refractivity contribution in [2.75, 3.05) is 32.8 Å². The molecule has 3 rings (SSSR count). The van der Waals surface area contributed by atoms with Crippen molar-refractivity contribution >= 4 is 0 Å². The summed E-state index contributed by atoms with van der Waals surface area (Å²) >= 11 is 0. The van der Waals surface area contributed by atoms with Crippen LogP contribution in [-0.4, -0.2) is 47.5 Å². The molecular weight excluding hydrogens is 316 g/mol. The van der Waals surface area contributed by atoms with Crippen molar-refractivity contribution in [1.29, 1.82) is 0 Å². The summed E-state index contributed by atoms with van der Waals surface area (Å²) in [7, 11) is 0. The molecule has 0 radical (unpaired) electrons. The lowest BCUT2D eigenvalue weighted by Crippen LogP contribution is -2.42. The second-order valence-corrected chi connectivity index (χ2v) is 6.49. The molecule has 0 saturated carbocycles. The summed E-state index contributed by atoms with van der Waals surface area (Å²) in [5.74, 6) is 1.97. The first kappa shape index (κ1) is 17.9. The van der Waals surface area contributed by atoms with E-state index < -0.39 is 0 Å². The molecule has 0 amide bonds. The molecule has 1 aliphatic heterocycles. The number of aryl methyl sites for hydroxylation is 2. The van der Waals surface area contributed by atoms with Crippen LogP contribution >= 0.6 is 0 Å². The summed E-state index contributed by atoms with van der Waals surface area (Å²) < 4.78 is 13.3. The van der Waals surface area contributed by atoms with E-state index >= 15 is 0 Å². The summed E-state index contributed by atoms with van der Waals surface area (Å²) in [6.45, 7) is 13.6. The standard InChI is InChI=1S/C19H28N4O2/c1-4-7-23-14-17(16(3)21-23)12-20-13-18(19-6-5-15(2)25-19)22-8-10-24-11-9-22/h4-6,14,18,20H,1,7-13H2,2-3H3/t18-/m1/s1. The Kier molecular flexibility index (Phi) is 6.07. The molecule has 0 aromatic carbocycles. The lowest BCUT2D eigenvalue weighted by atomic mass is 10.1. The van der Waals surface area contributed by atoms with Crippen molar-refractivity contribution in [3.05, 3.63) is 53.8 Å². The van der Waals surface area contributed by atoms with Gasteiger partial charge in [-0.15, -0.1) is 6.58 Å². The van der Waals surface area contributed by atoms with Crippen molar-refractivity contribution in [2.45, 2.75) is 33.0 Å². The molecule has 3 heterocycles. The Morgan fingerprint density at radius 1 is 1.32 bits per heavy atom. The molecule has 6 nitrogen and oxygen atoms in total. The maximum atomic E-state index is 5.91. The number of nitrogens with one attached hydrogen (secondary N) is 1. The van der Waals surface area contributed by atoms with Crippen LogP contribution in [0.1, 0.15) is 28.8 Å². The van der Waals surface area contributed by atoms with Gasteiger partial charge in [0.1, 0.15) is 11.5 Å². The second kappa shape index (κ2) is 8.47. The predicted molar refractivity (Wildman–Crippen MR) is 97.4 cm³/mol. The van der Waals surface area contributed by atoms with Crippen LogP contribution in [-0.2, 0) is 17.8 Å². The minimum absolute atomic E-state index is 0.223. The number of aromatic nitrogens is 2. The summed E-state index contributed by atoms with van der Waals surface area (Å²) in [6, 6.07) is 4.35. The van der Waals surface area contributed by atoms with E-state index in [1.807, 2.05) is 30.7 Å². The topological polar surface area (TPSA) is 55.5 Å². The number of hydrogen-bond donors (Lipinski definition) is 1. The zero-order valence-electron chi connectivity index (χ0n) is 15.2. The molecule has 1 aliphatic rings. The molecule has 1 N–H and O–H groups in total. The summed E-state index contributed by atoms with van der Waals surface area (Å²) in [5, 5.41) is 8.09. The third kappa shape index (κ3) is 4.60. The average molecular weight is 344 g/mol. The fourth-order valence-corrected chi connectivity index (χ4v) is 3.23. The fraction of sp³-hybridized carbons (Fsp3) is 0.526. The number of rotatable bonds is 8. The maximum Gasteiger partial charge on any atom is 0.122 e. The van der Waals surface area contributed by atoms with Crippen LogP contribution in [0.15, 0.2) is 35.4 Å². The van der Waals surface area contributed by atoms with E-state index in [9.17, 15) is 0 Å². The molecule has 25 heavy (non-hydrogen) atoms. The Morgan fingerprint density at radius 2 is 2.12 bits per heavy atom. The molecule has 1 saturated heterocycles. The van der Waals surface area contributed by atoms with Gasteiger partial charge < -0.3 is 14.5 Å². The first-order valence-corrected chi connectivity index (χ1v) is 8.90. The van der Waals surface area contributed by atoms with Gasteiger partial charge in [-0.2, -0.15) is 5.10 Å². The molecule has 0 aliphatic carbocycles. The number of nitrogens with zero attached hydrogens (tertiary/aromatic N) is 3. The molecular formula is C19H28N4O2. The zero-order valence-corrected chi connectivity index (χ0v) is 15.2. The highest BCUT2D eigenvalue weighted by molar-refractivity contribution is 5.16. The van der Waals surface area contributed by atoms with Crippen molar-refractivity contribution in [3.63, 3.8) is 0 Å². The van der Waals surface area contributed by atoms with Crippen molar-refractivity contribution in [2.24, 2.45) is 0 Å². The quantitative estimate of drug-likeness (QED) is 0.746. The van der Waals surface area contributed by atoms with Crippen molar-refractivity contribution in [3.8, 4) is 0 Å². The Bertz CT molecular complexity index is 685. The number of hydrogen-bond acceptors (Lipinski definition) is 5. The first-order chi connectivity index (χ1) is 12.2. The summed E-state index contributed by atoms with van der Waals surface area (Å²) in [4.78, 5) is 2.43. The van der Waals surface area contributed by atoms with Crippen LogP contribution in [0, 0.1) is 13.8 Å². The first-order valence-electron chi connectivity index (χ1n) is 8.90. The zero-order chi connectivity index (χ0) is 17.6. The van der Waals surface area contributed by atoms with Crippen LogP contribution in [0.25, 0.3) is 0 Å². The third-order valence-corrected chi connectivity index (χ3v) is 4.59. The fourth-order valence-electron chi connectivity index (χ4n) is 3.23. The van der Waals surface area contributed by atoms with E-state index in [1.165, 1.54) is 5.56 Å². The van der Waals surface area contributed by atoms with Gasteiger partial charge in [0.05, 0.1) is 31.5 Å². The van der Waals surface area contributed by atoms with Gasteiger partial charge in [-0.1, -0.05) is 6.08 Å². The molecule has 2 aromatic rings. The number of allylic oxidation sites excluding steroid dienone is 1. The lowest BCUT2D eigenvalue weighted by Gasteiger charge is -2.33. The van der Waals surface area contributed by atoms with Gasteiger partial charge in [-0.25, -0.2) is 0 Å². The van der Waals surface area contributed by atoms with Crippen LogP contribution in [0.4, 0.5) is 0 Å². The van der Waals surface area contributed by atoms with Gasteiger partial charge in [0, 0.05) is 37.9 Å². The van der Waals surface area contributed by atoms with E-state index in [4.69, 9.17) is 9.15 Å². The minimum Gasteiger partial charge on any atom is -0.465 e. The molecule has 1 fully saturated rings. The minimum atomic E-state index is 0.223. The molecule has 1 atom stereocenters. The average Bonchev–Trinajstić information content (AvgIpc) is 3.19. The Balaban J connectivity index is 1.63. The normalized spacial score (nSPS) is 16.9. The monoisotopic (exact) mass is 344 g/mol. The van der Waals surface area contributed by atoms with Crippen LogP contribution in [0.5, 0.6) is 0 Å². The number of furan rings is 1. The van der Waals surface area contributed by atoms with Gasteiger partial charge in [0.15, 0.2) is 0 Å². The molecule has 136 valence electrons. The van der Waals surface area contributed by atoms with Gasteiger partial charge in [-0.3, -0.25) is 9.58 Å². The highest BCUT2D eigenvalue weighted by Gasteiger charge is 2.25. The number of morpholine rings is 1. The highest BCUT2D eigenvalue weighted by Crippen LogP contribution is 2.23. The van der Waals surface area contributed by atoms with Gasteiger partial charge >= 0.3 is 0 Å². The molecule has 0 spiro atoms. The maximum absolute atomic E-state index is 5.91. The largest absolute Gasteiger partial charge is 0.465 e. The predicted octanol–water partition coefficient (Wildman–Crippen LogP) is 2.44. The Hall–Kier alpha value is -1.89. The Labute approximate surface area is 149 Å². The lowest BCUT2D eigenvalue weighted by molar-refractivity contribution is 0.0115.